The molecule has 2 atom stereocenters. The van der Waals surface area contributed by atoms with Gasteiger partial charge in [0.1, 0.15) is 11.4 Å². The molecule has 1 aromatic rings. The third-order valence-corrected chi connectivity index (χ3v) is 3.94. The second-order valence-corrected chi connectivity index (χ2v) is 5.56. The quantitative estimate of drug-likeness (QED) is 0.828. The molecule has 21 heavy (non-hydrogen) atoms. The van der Waals surface area contributed by atoms with Crippen LogP contribution in [0.1, 0.15) is 46.1 Å². The highest BCUT2D eigenvalue weighted by Crippen LogP contribution is 2.25. The lowest BCUT2D eigenvalue weighted by atomic mass is 10.0. The average Bonchev–Trinajstić information content (AvgIpc) is 2.48. The number of nitrogens with one attached hydrogen (secondary N) is 1. The number of amides is 1. The number of anilines is 1. The number of carbonyl (C=O) groups excluding carboxylic acids is 1. The van der Waals surface area contributed by atoms with Crippen molar-refractivity contribution in [3.8, 4) is 5.75 Å². The van der Waals surface area contributed by atoms with Crippen molar-refractivity contribution in [3.63, 3.8) is 0 Å². The topological polar surface area (TPSA) is 47.6 Å². The van der Waals surface area contributed by atoms with Crippen LogP contribution in [0.2, 0.25) is 0 Å². The van der Waals surface area contributed by atoms with Gasteiger partial charge in [-0.3, -0.25) is 4.79 Å². The van der Waals surface area contributed by atoms with Crippen molar-refractivity contribution in [1.29, 1.82) is 0 Å². The first-order chi connectivity index (χ1) is 9.86. The predicted octanol–water partition coefficient (Wildman–Crippen LogP) is 3.93. The van der Waals surface area contributed by atoms with Crippen LogP contribution in [0.15, 0.2) is 18.2 Å². The molecule has 0 aliphatic carbocycles. The molecule has 0 aromatic heterocycles. The number of rotatable bonds is 7. The highest BCUT2D eigenvalue weighted by molar-refractivity contribution is 5.97. The van der Waals surface area contributed by atoms with E-state index in [-0.39, 0.29) is 12.0 Å². The van der Waals surface area contributed by atoms with Gasteiger partial charge in [0.05, 0.1) is 6.10 Å². The summed E-state index contributed by atoms with van der Waals surface area (Å²) in [4.78, 5) is 12.2. The van der Waals surface area contributed by atoms with Crippen molar-refractivity contribution in [2.24, 2.45) is 0 Å². The Morgan fingerprint density at radius 3 is 2.52 bits per heavy atom. The molecule has 0 unspecified atom stereocenters. The van der Waals surface area contributed by atoms with E-state index in [1.54, 1.807) is 14.0 Å². The first-order valence-electron chi connectivity index (χ1n) is 7.50. The fraction of sp³-hybridized carbons (Fsp3) is 0.588. The Bertz CT molecular complexity index is 481. The van der Waals surface area contributed by atoms with Crippen molar-refractivity contribution in [3.05, 3.63) is 23.8 Å². The Balaban J connectivity index is 2.83. The molecule has 1 rings (SSSR count). The number of aryl methyl sites for hydroxylation is 1. The van der Waals surface area contributed by atoms with Crippen LogP contribution >= 0.6 is 0 Å². The van der Waals surface area contributed by atoms with E-state index in [9.17, 15) is 4.79 Å². The van der Waals surface area contributed by atoms with Crippen LogP contribution in [0.5, 0.6) is 5.75 Å². The molecule has 0 radical (unpaired) electrons. The molecule has 1 aromatic carbocycles. The van der Waals surface area contributed by atoms with E-state index in [4.69, 9.17) is 9.47 Å². The minimum Gasteiger partial charge on any atom is -0.490 e. The maximum absolute atomic E-state index is 12.2. The number of methoxy groups -OCH3 is 1. The molecule has 118 valence electrons. The van der Waals surface area contributed by atoms with Crippen molar-refractivity contribution in [1.82, 2.24) is 0 Å². The first kappa shape index (κ1) is 17.5. The zero-order valence-corrected chi connectivity index (χ0v) is 13.9. The summed E-state index contributed by atoms with van der Waals surface area (Å²) >= 11 is 0. The Labute approximate surface area is 127 Å². The fourth-order valence-electron chi connectivity index (χ4n) is 1.82. The van der Waals surface area contributed by atoms with Crippen LogP contribution < -0.4 is 10.1 Å². The molecule has 0 saturated carbocycles. The molecule has 0 aliphatic heterocycles. The number of ether oxygens (including phenoxy) is 2. The van der Waals surface area contributed by atoms with Gasteiger partial charge >= 0.3 is 0 Å². The fourth-order valence-corrected chi connectivity index (χ4v) is 1.82. The van der Waals surface area contributed by atoms with Crippen LogP contribution in [0, 0.1) is 6.92 Å². The zero-order chi connectivity index (χ0) is 16.0. The van der Waals surface area contributed by atoms with Crippen molar-refractivity contribution in [2.45, 2.75) is 59.2 Å². The van der Waals surface area contributed by atoms with Gasteiger partial charge in [-0.25, -0.2) is 0 Å². The maximum Gasteiger partial charge on any atom is 0.256 e. The third-order valence-electron chi connectivity index (χ3n) is 3.94. The lowest BCUT2D eigenvalue weighted by molar-refractivity contribution is -0.136. The van der Waals surface area contributed by atoms with Gasteiger partial charge in [-0.15, -0.1) is 0 Å². The minimum absolute atomic E-state index is 0.137. The van der Waals surface area contributed by atoms with E-state index in [0.717, 1.165) is 23.4 Å². The highest BCUT2D eigenvalue weighted by atomic mass is 16.5. The molecule has 1 amide bonds. The number of hydrogen-bond acceptors (Lipinski definition) is 3. The average molecular weight is 293 g/mol. The highest BCUT2D eigenvalue weighted by Gasteiger charge is 2.30. The van der Waals surface area contributed by atoms with E-state index < -0.39 is 5.60 Å². The first-order valence-corrected chi connectivity index (χ1v) is 7.50. The SMILES string of the molecule is CC[C@@H](C)Oc1ccc(NC(=O)[C@@](C)(CC)OC)cc1C. The molecule has 0 heterocycles. The van der Waals surface area contributed by atoms with Gasteiger partial charge < -0.3 is 14.8 Å². The minimum atomic E-state index is -0.806. The summed E-state index contributed by atoms with van der Waals surface area (Å²) in [7, 11) is 1.55. The largest absolute Gasteiger partial charge is 0.490 e. The van der Waals surface area contributed by atoms with Crippen molar-refractivity contribution < 1.29 is 14.3 Å². The molecule has 4 heteroatoms. The van der Waals surface area contributed by atoms with Crippen molar-refractivity contribution >= 4 is 11.6 Å². The number of hydrogen-bond donors (Lipinski definition) is 1. The normalized spacial score (nSPS) is 15.1. The zero-order valence-electron chi connectivity index (χ0n) is 13.9. The smallest absolute Gasteiger partial charge is 0.256 e. The molecule has 0 fully saturated rings. The summed E-state index contributed by atoms with van der Waals surface area (Å²) in [5.74, 6) is 0.717. The predicted molar refractivity (Wildman–Crippen MR) is 85.9 cm³/mol. The molecular formula is C17H27NO3. The van der Waals surface area contributed by atoms with Gasteiger partial charge in [0.25, 0.3) is 5.91 Å². The lowest BCUT2D eigenvalue weighted by Gasteiger charge is -2.25. The summed E-state index contributed by atoms with van der Waals surface area (Å²) in [6.07, 6.45) is 1.76. The monoisotopic (exact) mass is 293 g/mol. The summed E-state index contributed by atoms with van der Waals surface area (Å²) in [5, 5.41) is 2.90. The van der Waals surface area contributed by atoms with Gasteiger partial charge in [0.15, 0.2) is 0 Å². The van der Waals surface area contributed by atoms with Crippen LogP contribution in [0.25, 0.3) is 0 Å². The second kappa shape index (κ2) is 7.46. The van der Waals surface area contributed by atoms with Crippen LogP contribution in [-0.2, 0) is 9.53 Å². The molecule has 0 spiro atoms. The molecular weight excluding hydrogens is 266 g/mol. The molecule has 4 nitrogen and oxygen atoms in total. The summed E-state index contributed by atoms with van der Waals surface area (Å²) in [5.41, 5.74) is 0.953. The van der Waals surface area contributed by atoms with E-state index >= 15 is 0 Å². The van der Waals surface area contributed by atoms with Gasteiger partial charge in [-0.05, 0) is 57.4 Å². The van der Waals surface area contributed by atoms with E-state index in [0.29, 0.717) is 6.42 Å². The Kier molecular flexibility index (Phi) is 6.21. The van der Waals surface area contributed by atoms with Crippen LogP contribution in [-0.4, -0.2) is 24.7 Å². The van der Waals surface area contributed by atoms with E-state index in [1.165, 1.54) is 0 Å². The van der Waals surface area contributed by atoms with E-state index in [2.05, 4.69) is 12.2 Å². The van der Waals surface area contributed by atoms with E-state index in [1.807, 2.05) is 39.0 Å². The summed E-state index contributed by atoms with van der Waals surface area (Å²) < 4.78 is 11.1. The van der Waals surface area contributed by atoms with Gasteiger partial charge in [-0.2, -0.15) is 0 Å². The third kappa shape index (κ3) is 4.46. The van der Waals surface area contributed by atoms with Crippen molar-refractivity contribution in [2.75, 3.05) is 12.4 Å². The van der Waals surface area contributed by atoms with Gasteiger partial charge in [0, 0.05) is 12.8 Å². The molecule has 0 saturated heterocycles. The van der Waals surface area contributed by atoms with Gasteiger partial charge in [0.2, 0.25) is 0 Å². The number of carbonyl (C=O) groups is 1. The standard InChI is InChI=1S/C17H27NO3/c1-7-13(4)21-15-10-9-14(11-12(15)3)18-16(19)17(5,8-2)20-6/h9-11,13H,7-8H2,1-6H3,(H,18,19)/t13-,17-/m1/s1. The molecule has 0 bridgehead atoms. The molecule has 0 aliphatic rings. The number of benzene rings is 1. The second-order valence-electron chi connectivity index (χ2n) is 5.56. The Morgan fingerprint density at radius 1 is 1.38 bits per heavy atom. The van der Waals surface area contributed by atoms with Crippen LogP contribution in [0.4, 0.5) is 5.69 Å². The lowest BCUT2D eigenvalue weighted by Crippen LogP contribution is -2.41. The Morgan fingerprint density at radius 2 is 2.05 bits per heavy atom. The van der Waals surface area contributed by atoms with Crippen LogP contribution in [0.3, 0.4) is 0 Å². The van der Waals surface area contributed by atoms with Gasteiger partial charge in [-0.1, -0.05) is 13.8 Å². The Hall–Kier alpha value is -1.55. The summed E-state index contributed by atoms with van der Waals surface area (Å²) in [6, 6.07) is 5.67. The maximum atomic E-state index is 12.2. The molecule has 1 N–H and O–H groups in total. The summed E-state index contributed by atoms with van der Waals surface area (Å²) in [6.45, 7) is 9.82.